The molecular weight excluding hydrogens is 608 g/mol. The van der Waals surface area contributed by atoms with E-state index in [0.29, 0.717) is 12.8 Å². The summed E-state index contributed by atoms with van der Waals surface area (Å²) >= 11 is 0. The van der Waals surface area contributed by atoms with Crippen LogP contribution in [0, 0.1) is 5.92 Å². The Hall–Kier alpha value is -3.89. The lowest BCUT2D eigenvalue weighted by molar-refractivity contribution is -0.362. The van der Waals surface area contributed by atoms with Crippen molar-refractivity contribution in [3.05, 3.63) is 144 Å². The van der Waals surface area contributed by atoms with Crippen LogP contribution >= 0.6 is 0 Å². The van der Waals surface area contributed by atoms with E-state index in [1.807, 2.05) is 128 Å². The summed E-state index contributed by atoms with van der Waals surface area (Å²) in [5.74, 6) is -2.14. The zero-order valence-electron chi connectivity index (χ0n) is 27.4. The Balaban J connectivity index is 1.56. The average molecular weight is 655 g/mol. The van der Waals surface area contributed by atoms with Gasteiger partial charge in [-0.15, -0.1) is 0 Å². The molecule has 0 radical (unpaired) electrons. The first-order valence-electron chi connectivity index (χ1n) is 16.7. The molecule has 1 heterocycles. The maximum atomic E-state index is 13.2. The molecule has 1 fully saturated rings. The van der Waals surface area contributed by atoms with Crippen molar-refractivity contribution in [1.82, 2.24) is 0 Å². The van der Waals surface area contributed by atoms with Gasteiger partial charge in [0.15, 0.2) is 6.29 Å². The molecule has 8 heteroatoms. The van der Waals surface area contributed by atoms with E-state index in [0.717, 1.165) is 28.7 Å². The van der Waals surface area contributed by atoms with Crippen LogP contribution in [0.1, 0.15) is 48.4 Å². The van der Waals surface area contributed by atoms with Crippen molar-refractivity contribution in [2.75, 3.05) is 6.61 Å². The standard InChI is InChI=1S/C40H46O8/c1-2-3-24-34(38(41)42)40(29-44-25-30-16-8-4-9-17-30)37(47-28-33-22-14-7-15-23-33)35(45-26-31-18-10-5-11-19-31)36(39(43)48-40)46-27-32-20-12-6-13-21-32/h4-23,34-37,39,43H,2-3,24-29H2,1H3,(H,41,42)/t34?,35-,36+,37+,39+,40+/m1/s1. The predicted molar refractivity (Wildman–Crippen MR) is 182 cm³/mol. The van der Waals surface area contributed by atoms with Gasteiger partial charge in [0, 0.05) is 0 Å². The fraction of sp³-hybridized carbons (Fsp3) is 0.375. The normalized spacial score (nSPS) is 23.0. The summed E-state index contributed by atoms with van der Waals surface area (Å²) in [5, 5.41) is 22.6. The molecule has 8 nitrogen and oxygen atoms in total. The van der Waals surface area contributed by atoms with Gasteiger partial charge in [0.2, 0.25) is 0 Å². The lowest BCUT2D eigenvalue weighted by Crippen LogP contribution is -2.71. The molecule has 0 aliphatic carbocycles. The molecule has 2 N–H and O–H groups in total. The van der Waals surface area contributed by atoms with E-state index in [1.165, 1.54) is 0 Å². The second kappa shape index (κ2) is 18.0. The monoisotopic (exact) mass is 654 g/mol. The molecule has 1 saturated heterocycles. The second-order valence-electron chi connectivity index (χ2n) is 12.2. The van der Waals surface area contributed by atoms with E-state index >= 15 is 0 Å². The van der Waals surface area contributed by atoms with Crippen LogP contribution in [0.2, 0.25) is 0 Å². The number of carboxylic acids is 1. The van der Waals surface area contributed by atoms with Gasteiger partial charge < -0.3 is 33.9 Å². The Morgan fingerprint density at radius 2 is 1.12 bits per heavy atom. The van der Waals surface area contributed by atoms with Crippen LogP contribution in [0.25, 0.3) is 0 Å². The molecule has 0 amide bonds. The van der Waals surface area contributed by atoms with Crippen molar-refractivity contribution in [2.45, 2.75) is 82.8 Å². The smallest absolute Gasteiger partial charge is 0.309 e. The van der Waals surface area contributed by atoms with Gasteiger partial charge in [0.25, 0.3) is 0 Å². The third kappa shape index (κ3) is 9.38. The van der Waals surface area contributed by atoms with Crippen LogP contribution in [-0.4, -0.2) is 53.0 Å². The highest BCUT2D eigenvalue weighted by Gasteiger charge is 2.61. The van der Waals surface area contributed by atoms with E-state index in [9.17, 15) is 15.0 Å². The minimum Gasteiger partial charge on any atom is -0.481 e. The number of hydrogen-bond acceptors (Lipinski definition) is 7. The van der Waals surface area contributed by atoms with E-state index in [2.05, 4.69) is 0 Å². The van der Waals surface area contributed by atoms with Crippen LogP contribution in [0.5, 0.6) is 0 Å². The fourth-order valence-corrected chi connectivity index (χ4v) is 6.25. The third-order valence-electron chi connectivity index (χ3n) is 8.74. The van der Waals surface area contributed by atoms with E-state index in [4.69, 9.17) is 23.7 Å². The van der Waals surface area contributed by atoms with E-state index < -0.39 is 42.1 Å². The lowest BCUT2D eigenvalue weighted by Gasteiger charge is -2.53. The zero-order valence-corrected chi connectivity index (χ0v) is 27.4. The van der Waals surface area contributed by atoms with Crippen LogP contribution in [0.3, 0.4) is 0 Å². The van der Waals surface area contributed by atoms with Crippen molar-refractivity contribution >= 4 is 5.97 Å². The van der Waals surface area contributed by atoms with E-state index in [-0.39, 0.29) is 33.0 Å². The first-order chi connectivity index (χ1) is 23.5. The molecule has 1 aliphatic rings. The number of benzene rings is 4. The highest BCUT2D eigenvalue weighted by atomic mass is 16.7. The second-order valence-corrected chi connectivity index (χ2v) is 12.2. The lowest BCUT2D eigenvalue weighted by atomic mass is 9.74. The van der Waals surface area contributed by atoms with E-state index in [1.54, 1.807) is 0 Å². The summed E-state index contributed by atoms with van der Waals surface area (Å²) in [7, 11) is 0. The molecule has 0 bridgehead atoms. The number of aliphatic hydroxyl groups excluding tert-OH is 1. The minimum atomic E-state index is -1.63. The molecule has 6 atom stereocenters. The van der Waals surface area contributed by atoms with Crippen LogP contribution in [0.15, 0.2) is 121 Å². The molecule has 254 valence electrons. The predicted octanol–water partition coefficient (Wildman–Crippen LogP) is 6.94. The van der Waals surface area contributed by atoms with Crippen molar-refractivity contribution in [1.29, 1.82) is 0 Å². The summed E-state index contributed by atoms with van der Waals surface area (Å²) in [6.45, 7) is 2.59. The van der Waals surface area contributed by atoms with Crippen LogP contribution < -0.4 is 0 Å². The summed E-state index contributed by atoms with van der Waals surface area (Å²) in [6.07, 6.45) is -2.76. The van der Waals surface area contributed by atoms with Gasteiger partial charge in [0.05, 0.1) is 39.0 Å². The third-order valence-corrected chi connectivity index (χ3v) is 8.74. The molecule has 0 aromatic heterocycles. The first kappa shape index (κ1) is 35.4. The molecule has 48 heavy (non-hydrogen) atoms. The maximum Gasteiger partial charge on any atom is 0.309 e. The molecule has 0 saturated carbocycles. The van der Waals surface area contributed by atoms with Gasteiger partial charge in [-0.2, -0.15) is 0 Å². The Kier molecular flexibility index (Phi) is 13.3. The first-order valence-corrected chi connectivity index (χ1v) is 16.7. The van der Waals surface area contributed by atoms with Gasteiger partial charge >= 0.3 is 5.97 Å². The quantitative estimate of drug-likeness (QED) is 0.119. The van der Waals surface area contributed by atoms with Crippen molar-refractivity contribution in [2.24, 2.45) is 5.92 Å². The SMILES string of the molecule is CCCCC(C(=O)O)[C@]1(COCc2ccccc2)O[C@H](O)[C@@H](OCc2ccccc2)[C@@H](OCc2ccccc2)[C@@H]1OCc1ccccc1. The van der Waals surface area contributed by atoms with Gasteiger partial charge in [-0.05, 0) is 28.7 Å². The molecule has 5 rings (SSSR count). The Morgan fingerprint density at radius 3 is 1.58 bits per heavy atom. The number of aliphatic hydroxyl groups is 1. The maximum absolute atomic E-state index is 13.2. The number of hydrogen-bond donors (Lipinski definition) is 2. The Bertz CT molecular complexity index is 1490. The number of rotatable bonds is 18. The average Bonchev–Trinajstić information content (AvgIpc) is 3.11. The van der Waals surface area contributed by atoms with Gasteiger partial charge in [-0.3, -0.25) is 4.79 Å². The van der Waals surface area contributed by atoms with Gasteiger partial charge in [0.1, 0.15) is 23.9 Å². The molecule has 1 aliphatic heterocycles. The Morgan fingerprint density at radius 1 is 0.688 bits per heavy atom. The van der Waals surface area contributed by atoms with Crippen LogP contribution in [-0.2, 0) is 54.9 Å². The zero-order chi connectivity index (χ0) is 33.6. The fourth-order valence-electron chi connectivity index (χ4n) is 6.25. The summed E-state index contributed by atoms with van der Waals surface area (Å²) in [6, 6.07) is 38.6. The van der Waals surface area contributed by atoms with Crippen LogP contribution in [0.4, 0.5) is 0 Å². The molecule has 1 unspecified atom stereocenters. The number of unbranched alkanes of at least 4 members (excludes halogenated alkanes) is 1. The summed E-state index contributed by atoms with van der Waals surface area (Å²) in [5.41, 5.74) is 2.01. The minimum absolute atomic E-state index is 0.155. The largest absolute Gasteiger partial charge is 0.481 e. The van der Waals surface area contributed by atoms with Gasteiger partial charge in [-0.1, -0.05) is 141 Å². The highest BCUT2D eigenvalue weighted by molar-refractivity contribution is 5.72. The Labute approximate surface area is 283 Å². The van der Waals surface area contributed by atoms with Crippen molar-refractivity contribution in [3.63, 3.8) is 0 Å². The topological polar surface area (TPSA) is 104 Å². The number of carboxylic acid groups (broad SMARTS) is 1. The molecule has 0 spiro atoms. The molecular formula is C40H46O8. The molecule has 4 aromatic carbocycles. The molecule has 4 aromatic rings. The van der Waals surface area contributed by atoms with Crippen molar-refractivity contribution < 1.29 is 38.7 Å². The van der Waals surface area contributed by atoms with Crippen molar-refractivity contribution in [3.8, 4) is 0 Å². The number of carbonyl (C=O) groups is 1. The number of ether oxygens (including phenoxy) is 5. The summed E-state index contributed by atoms with van der Waals surface area (Å²) < 4.78 is 32.6. The summed E-state index contributed by atoms with van der Waals surface area (Å²) in [4.78, 5) is 13.2. The van der Waals surface area contributed by atoms with Gasteiger partial charge in [-0.25, -0.2) is 0 Å². The number of aliphatic carboxylic acids is 1. The highest BCUT2D eigenvalue weighted by Crippen LogP contribution is 2.43.